The first kappa shape index (κ1) is 19.7. The molecule has 9 heteroatoms. The number of β-amino-alcohol motifs (C(OH)–C–C–N with tert-alkyl or cyclic N) is 1. The summed E-state index contributed by atoms with van der Waals surface area (Å²) in [6, 6.07) is 7.32. The molecule has 9 nitrogen and oxygen atoms in total. The number of aliphatic hydroxyl groups is 1. The van der Waals surface area contributed by atoms with Gasteiger partial charge in [-0.25, -0.2) is 15.0 Å². The lowest BCUT2D eigenvalue weighted by atomic mass is 10.1. The van der Waals surface area contributed by atoms with Crippen molar-refractivity contribution in [2.24, 2.45) is 7.05 Å². The largest absolute Gasteiger partial charge is 0.497 e. The lowest BCUT2D eigenvalue weighted by Gasteiger charge is -2.21. The summed E-state index contributed by atoms with van der Waals surface area (Å²) in [5.41, 5.74) is 7.34. The third-order valence-corrected chi connectivity index (χ3v) is 5.25. The lowest BCUT2D eigenvalue weighted by molar-refractivity contribution is 0.0839. The molecule has 3 aromatic rings. The molecule has 4 heterocycles. The highest BCUT2D eigenvalue weighted by molar-refractivity contribution is 5.77. The van der Waals surface area contributed by atoms with E-state index in [1.165, 1.54) is 0 Å². The van der Waals surface area contributed by atoms with Gasteiger partial charge in [0.2, 0.25) is 0 Å². The van der Waals surface area contributed by atoms with Crippen molar-refractivity contribution in [2.75, 3.05) is 30.8 Å². The van der Waals surface area contributed by atoms with Crippen LogP contribution >= 0.6 is 0 Å². The molecule has 3 N–H and O–H groups in total. The average molecular weight is 405 g/mol. The maximum atomic E-state index is 10.3. The van der Waals surface area contributed by atoms with Crippen LogP contribution in [0.3, 0.4) is 0 Å². The van der Waals surface area contributed by atoms with Crippen LogP contribution in [0, 0.1) is 11.3 Å². The molecule has 1 saturated heterocycles. The fraction of sp³-hybridized carbons (Fsp3) is 0.333. The smallest absolute Gasteiger partial charge is 0.158 e. The maximum Gasteiger partial charge on any atom is 0.158 e. The summed E-state index contributed by atoms with van der Waals surface area (Å²) in [5, 5.41) is 20.1. The highest BCUT2D eigenvalue weighted by atomic mass is 16.5. The Hall–Kier alpha value is -3.64. The molecule has 1 aliphatic rings. The molecule has 0 amide bonds. The minimum absolute atomic E-state index is 0.244. The molecule has 3 aromatic heterocycles. The molecule has 0 radical (unpaired) electrons. The lowest BCUT2D eigenvalue weighted by Crippen LogP contribution is -2.30. The Morgan fingerprint density at radius 3 is 2.67 bits per heavy atom. The van der Waals surface area contributed by atoms with Gasteiger partial charge < -0.3 is 25.0 Å². The Bertz CT molecular complexity index is 1150. The first-order chi connectivity index (χ1) is 14.3. The third kappa shape index (κ3) is 3.53. The summed E-state index contributed by atoms with van der Waals surface area (Å²) >= 11 is 0. The molecular formula is C21H23N7O2. The molecule has 1 fully saturated rings. The number of rotatable bonds is 4. The molecule has 0 unspecified atom stereocenters. The van der Waals surface area contributed by atoms with Crippen molar-refractivity contribution in [1.29, 1.82) is 5.26 Å². The van der Waals surface area contributed by atoms with Crippen LogP contribution in [0.5, 0.6) is 5.75 Å². The summed E-state index contributed by atoms with van der Waals surface area (Å²) in [5.74, 6) is 1.85. The molecule has 0 saturated carbocycles. The molecule has 0 bridgehead atoms. The number of ether oxygens (including phenoxy) is 1. The summed E-state index contributed by atoms with van der Waals surface area (Å²) in [4.78, 5) is 15.7. The summed E-state index contributed by atoms with van der Waals surface area (Å²) in [6.07, 6.45) is 4.13. The van der Waals surface area contributed by atoms with E-state index in [0.717, 1.165) is 0 Å². The van der Waals surface area contributed by atoms with Gasteiger partial charge in [-0.15, -0.1) is 0 Å². The zero-order chi connectivity index (χ0) is 21.5. The predicted molar refractivity (Wildman–Crippen MR) is 113 cm³/mol. The topological polar surface area (TPSA) is 126 Å². The Kier molecular flexibility index (Phi) is 4.79. The van der Waals surface area contributed by atoms with E-state index < -0.39 is 5.60 Å². The normalized spacial score (nSPS) is 18.4. The Balaban J connectivity index is 1.87. The van der Waals surface area contributed by atoms with Crippen molar-refractivity contribution in [1.82, 2.24) is 19.5 Å². The number of anilines is 2. The van der Waals surface area contributed by atoms with Gasteiger partial charge in [-0.1, -0.05) is 0 Å². The number of hydrogen-bond acceptors (Lipinski definition) is 8. The molecule has 30 heavy (non-hydrogen) atoms. The van der Waals surface area contributed by atoms with E-state index >= 15 is 0 Å². The van der Waals surface area contributed by atoms with Crippen molar-refractivity contribution >= 4 is 11.5 Å². The molecule has 1 atom stereocenters. The van der Waals surface area contributed by atoms with E-state index in [-0.39, 0.29) is 5.56 Å². The Morgan fingerprint density at radius 1 is 1.27 bits per heavy atom. The molecule has 154 valence electrons. The van der Waals surface area contributed by atoms with Gasteiger partial charge in [-0.05, 0) is 19.4 Å². The van der Waals surface area contributed by atoms with Gasteiger partial charge in [-0.3, -0.25) is 0 Å². The van der Waals surface area contributed by atoms with Crippen LogP contribution in [-0.2, 0) is 7.05 Å². The molecule has 0 spiro atoms. The first-order valence-electron chi connectivity index (χ1n) is 9.53. The zero-order valence-electron chi connectivity index (χ0n) is 17.1. The number of imidazole rings is 1. The van der Waals surface area contributed by atoms with Crippen molar-refractivity contribution in [3.8, 4) is 34.7 Å². The standard InChI is InChI=1S/C21H23N7O2/c1-21(29)4-6-28(12-21)18-9-13(30-3)8-16(25-18)19-14(11-22)15(23)10-17(26-19)20-24-5-7-27(20)2/h5,7-10,29H,4,6,12H2,1-3H3,(H2,23,26)/t21-/m1/s1. The number of pyridine rings is 2. The van der Waals surface area contributed by atoms with E-state index in [0.29, 0.717) is 59.7 Å². The number of aryl methyl sites for hydroxylation is 1. The molecule has 1 aliphatic heterocycles. The van der Waals surface area contributed by atoms with Crippen LogP contribution in [0.2, 0.25) is 0 Å². The van der Waals surface area contributed by atoms with Gasteiger partial charge >= 0.3 is 0 Å². The molecular weight excluding hydrogens is 382 g/mol. The average Bonchev–Trinajstić information content (AvgIpc) is 3.31. The highest BCUT2D eigenvalue weighted by Crippen LogP contribution is 2.34. The second-order valence-electron chi connectivity index (χ2n) is 7.71. The summed E-state index contributed by atoms with van der Waals surface area (Å²) < 4.78 is 7.29. The first-order valence-corrected chi connectivity index (χ1v) is 9.53. The minimum Gasteiger partial charge on any atom is -0.497 e. The predicted octanol–water partition coefficient (Wildman–Crippen LogP) is 1.97. The number of hydrogen-bond donors (Lipinski definition) is 2. The van der Waals surface area contributed by atoms with Crippen LogP contribution in [-0.4, -0.2) is 50.4 Å². The fourth-order valence-electron chi connectivity index (χ4n) is 3.63. The van der Waals surface area contributed by atoms with Crippen LogP contribution in [0.25, 0.3) is 22.9 Å². The Morgan fingerprint density at radius 2 is 2.07 bits per heavy atom. The minimum atomic E-state index is -0.774. The maximum absolute atomic E-state index is 10.3. The van der Waals surface area contributed by atoms with Gasteiger partial charge in [0.1, 0.15) is 34.6 Å². The van der Waals surface area contributed by atoms with Gasteiger partial charge in [0.05, 0.1) is 24.1 Å². The fourth-order valence-corrected chi connectivity index (χ4v) is 3.63. The van der Waals surface area contributed by atoms with E-state index in [2.05, 4.69) is 16.0 Å². The number of nitriles is 1. The molecule has 0 aromatic carbocycles. The number of nitrogen functional groups attached to an aromatic ring is 1. The van der Waals surface area contributed by atoms with Gasteiger partial charge in [0.15, 0.2) is 5.82 Å². The van der Waals surface area contributed by atoms with Crippen molar-refractivity contribution in [3.05, 3.63) is 36.2 Å². The van der Waals surface area contributed by atoms with E-state index in [9.17, 15) is 10.4 Å². The van der Waals surface area contributed by atoms with E-state index in [1.807, 2.05) is 28.8 Å². The molecule has 4 rings (SSSR count). The van der Waals surface area contributed by atoms with E-state index in [1.54, 1.807) is 32.4 Å². The Labute approximate surface area is 174 Å². The van der Waals surface area contributed by atoms with Crippen LogP contribution < -0.4 is 15.4 Å². The SMILES string of the molecule is COc1cc(-c2nc(-c3nccn3C)cc(N)c2C#N)nc(N2CC[C@@](C)(O)C2)c1. The van der Waals surface area contributed by atoms with Crippen molar-refractivity contribution in [3.63, 3.8) is 0 Å². The summed E-state index contributed by atoms with van der Waals surface area (Å²) in [6.45, 7) is 2.93. The van der Waals surface area contributed by atoms with Gasteiger partial charge in [0.25, 0.3) is 0 Å². The van der Waals surface area contributed by atoms with Crippen LogP contribution in [0.1, 0.15) is 18.9 Å². The zero-order valence-corrected chi connectivity index (χ0v) is 17.1. The monoisotopic (exact) mass is 405 g/mol. The number of methoxy groups -OCH3 is 1. The number of nitrogens with two attached hydrogens (primary N) is 1. The second kappa shape index (κ2) is 7.31. The highest BCUT2D eigenvalue weighted by Gasteiger charge is 2.32. The molecule has 0 aliphatic carbocycles. The van der Waals surface area contributed by atoms with Gasteiger partial charge in [-0.2, -0.15) is 5.26 Å². The third-order valence-electron chi connectivity index (χ3n) is 5.25. The van der Waals surface area contributed by atoms with Crippen molar-refractivity contribution < 1.29 is 9.84 Å². The summed E-state index contributed by atoms with van der Waals surface area (Å²) in [7, 11) is 3.43. The van der Waals surface area contributed by atoms with Gasteiger partial charge in [0, 0.05) is 44.7 Å². The van der Waals surface area contributed by atoms with Crippen LogP contribution in [0.4, 0.5) is 11.5 Å². The van der Waals surface area contributed by atoms with E-state index in [4.69, 9.17) is 15.5 Å². The second-order valence-corrected chi connectivity index (χ2v) is 7.71. The number of nitrogens with zero attached hydrogens (tertiary/aromatic N) is 6. The van der Waals surface area contributed by atoms with Crippen molar-refractivity contribution in [2.45, 2.75) is 18.9 Å². The number of aromatic nitrogens is 4. The van der Waals surface area contributed by atoms with Crippen LogP contribution in [0.15, 0.2) is 30.6 Å². The quantitative estimate of drug-likeness (QED) is 0.675.